The molecular weight excluding hydrogens is 401 g/mol. The molecule has 2 aromatic carbocycles. The first-order chi connectivity index (χ1) is 12.3. The molecule has 26 heavy (non-hydrogen) atoms. The van der Waals surface area contributed by atoms with Gasteiger partial charge in [-0.15, -0.1) is 0 Å². The number of aliphatic hydroxyl groups excluding tert-OH is 1. The van der Waals surface area contributed by atoms with Crippen LogP contribution in [0.4, 0.5) is 0 Å². The number of benzene rings is 2. The minimum absolute atomic E-state index is 0.0455. The third-order valence-corrected chi connectivity index (χ3v) is 5.39. The van der Waals surface area contributed by atoms with E-state index in [0.717, 1.165) is 0 Å². The number of nitrogens with one attached hydrogen (secondary N) is 1. The summed E-state index contributed by atoms with van der Waals surface area (Å²) in [6.07, 6.45) is -0.948. The van der Waals surface area contributed by atoms with Crippen molar-refractivity contribution in [3.63, 3.8) is 0 Å². The lowest BCUT2D eigenvalue weighted by Crippen LogP contribution is -2.22. The van der Waals surface area contributed by atoms with Crippen LogP contribution in [0.15, 0.2) is 70.2 Å². The van der Waals surface area contributed by atoms with E-state index < -0.39 is 21.9 Å². The Balaban J connectivity index is 1.94. The first kappa shape index (κ1) is 18.4. The van der Waals surface area contributed by atoms with E-state index in [1.54, 1.807) is 24.3 Å². The molecule has 0 aliphatic carbocycles. The van der Waals surface area contributed by atoms with Crippen molar-refractivity contribution in [2.75, 3.05) is 0 Å². The van der Waals surface area contributed by atoms with Crippen molar-refractivity contribution >= 4 is 38.9 Å². The van der Waals surface area contributed by atoms with Gasteiger partial charge in [-0.1, -0.05) is 41.4 Å². The largest absolute Gasteiger partial charge is 0.502 e. The second-order valence-corrected chi connectivity index (χ2v) is 7.78. The van der Waals surface area contributed by atoms with Crippen LogP contribution in [0.25, 0.3) is 0 Å². The lowest BCUT2D eigenvalue weighted by Gasteiger charge is -2.14. The number of nitrogens with zero attached hydrogens (tertiary/aromatic N) is 1. The molecule has 1 aliphatic heterocycles. The van der Waals surface area contributed by atoms with Crippen LogP contribution in [0, 0.1) is 0 Å². The zero-order valence-electron chi connectivity index (χ0n) is 13.1. The monoisotopic (exact) mass is 413 g/mol. The Morgan fingerprint density at radius 1 is 1.12 bits per heavy atom. The Bertz CT molecular complexity index is 1000. The molecule has 0 saturated carbocycles. The predicted octanol–water partition coefficient (Wildman–Crippen LogP) is 3.09. The molecule has 0 spiro atoms. The number of hydrogen-bond acceptors (Lipinski definition) is 6. The molecule has 1 aliphatic rings. The van der Waals surface area contributed by atoms with Gasteiger partial charge in [0.1, 0.15) is 0 Å². The molecule has 0 fully saturated rings. The van der Waals surface area contributed by atoms with Gasteiger partial charge in [-0.2, -0.15) is 18.4 Å². The summed E-state index contributed by atoms with van der Waals surface area (Å²) in [5.74, 6) is -0.743. The molecule has 0 aromatic heterocycles. The minimum Gasteiger partial charge on any atom is -0.502 e. The lowest BCUT2D eigenvalue weighted by atomic mass is 10.1. The predicted molar refractivity (Wildman–Crippen MR) is 98.3 cm³/mol. The van der Waals surface area contributed by atoms with Crippen molar-refractivity contribution in [1.82, 2.24) is 4.83 Å². The number of aliphatic hydroxyl groups is 1. The van der Waals surface area contributed by atoms with Crippen LogP contribution in [-0.4, -0.2) is 19.2 Å². The van der Waals surface area contributed by atoms with Crippen molar-refractivity contribution in [2.24, 2.45) is 10.8 Å². The fourth-order valence-corrected chi connectivity index (χ4v) is 3.45. The third-order valence-electron chi connectivity index (χ3n) is 3.57. The average molecular weight is 414 g/mol. The smallest absolute Gasteiger partial charge is 0.276 e. The maximum Gasteiger partial charge on any atom is 0.276 e. The summed E-state index contributed by atoms with van der Waals surface area (Å²) in [7, 11) is -3.98. The molecule has 2 aromatic rings. The van der Waals surface area contributed by atoms with E-state index in [1.165, 1.54) is 24.3 Å². The van der Waals surface area contributed by atoms with E-state index in [-0.39, 0.29) is 16.5 Å². The molecule has 0 radical (unpaired) electrons. The molecule has 7 nitrogen and oxygen atoms in total. The summed E-state index contributed by atoms with van der Waals surface area (Å²) in [6, 6.07) is 12.2. The van der Waals surface area contributed by atoms with Crippen molar-refractivity contribution in [2.45, 2.75) is 11.0 Å². The molecule has 10 heteroatoms. The van der Waals surface area contributed by atoms with Gasteiger partial charge in [0, 0.05) is 15.6 Å². The van der Waals surface area contributed by atoms with E-state index in [1.807, 2.05) is 0 Å². The summed E-state index contributed by atoms with van der Waals surface area (Å²) in [6.45, 7) is 0. The maximum absolute atomic E-state index is 12.3. The standard InChI is InChI=1S/C16H13Cl2N3O4S/c17-9-5-7-10(8-6-9)26(23,24)21-20-13-14(22)16(19)25-15(13)11-3-1-2-4-12(11)18/h1-8,15,21-22H,19H2/t15-/m0/s1. The number of rotatable bonds is 4. The van der Waals surface area contributed by atoms with E-state index in [2.05, 4.69) is 9.93 Å². The molecule has 0 saturated heterocycles. The highest BCUT2D eigenvalue weighted by Gasteiger charge is 2.35. The molecule has 1 heterocycles. The number of halogens is 2. The van der Waals surface area contributed by atoms with E-state index in [4.69, 9.17) is 33.7 Å². The topological polar surface area (TPSA) is 114 Å². The highest BCUT2D eigenvalue weighted by atomic mass is 35.5. The first-order valence-corrected chi connectivity index (χ1v) is 9.48. The molecule has 3 rings (SSSR count). The molecule has 4 N–H and O–H groups in total. The van der Waals surface area contributed by atoms with Crippen molar-refractivity contribution in [1.29, 1.82) is 0 Å². The van der Waals surface area contributed by atoms with Gasteiger partial charge in [0.05, 0.1) is 4.90 Å². The van der Waals surface area contributed by atoms with Crippen LogP contribution in [0.2, 0.25) is 10.0 Å². The van der Waals surface area contributed by atoms with Crippen LogP contribution in [0.3, 0.4) is 0 Å². The Hall–Kier alpha value is -2.42. The van der Waals surface area contributed by atoms with Gasteiger partial charge in [-0.25, -0.2) is 0 Å². The first-order valence-electron chi connectivity index (χ1n) is 7.24. The molecule has 136 valence electrons. The fraction of sp³-hybridized carbons (Fsp3) is 0.0625. The zero-order valence-corrected chi connectivity index (χ0v) is 15.4. The third kappa shape index (κ3) is 3.57. The quantitative estimate of drug-likeness (QED) is 0.666. The number of hydrazone groups is 1. The van der Waals surface area contributed by atoms with Crippen molar-refractivity contribution < 1.29 is 18.3 Å². The van der Waals surface area contributed by atoms with Gasteiger partial charge in [0.15, 0.2) is 11.8 Å². The van der Waals surface area contributed by atoms with E-state index >= 15 is 0 Å². The van der Waals surface area contributed by atoms with Gasteiger partial charge in [0.25, 0.3) is 10.0 Å². The SMILES string of the molecule is NC1=C(O)C(=NNS(=O)(=O)c2ccc(Cl)cc2)[C@H](c2ccccc2Cl)O1. The Kier molecular flexibility index (Phi) is 4.99. The van der Waals surface area contributed by atoms with Crippen LogP contribution >= 0.6 is 23.2 Å². The highest BCUT2D eigenvalue weighted by Crippen LogP contribution is 2.34. The van der Waals surface area contributed by atoms with Crippen molar-refractivity contribution in [3.05, 3.63) is 75.8 Å². The van der Waals surface area contributed by atoms with E-state index in [0.29, 0.717) is 15.6 Å². The molecule has 1 atom stereocenters. The summed E-state index contributed by atoms with van der Waals surface area (Å²) in [5.41, 5.74) is 5.98. The van der Waals surface area contributed by atoms with Gasteiger partial charge >= 0.3 is 0 Å². The number of sulfonamides is 1. The molecule has 0 amide bonds. The van der Waals surface area contributed by atoms with Crippen LogP contribution in [0.1, 0.15) is 11.7 Å². The molecular formula is C16H13Cl2N3O4S. The summed E-state index contributed by atoms with van der Waals surface area (Å²) in [5, 5.41) is 14.6. The minimum atomic E-state index is -3.98. The number of nitrogens with two attached hydrogens (primary N) is 1. The van der Waals surface area contributed by atoms with Gasteiger partial charge in [-0.3, -0.25) is 0 Å². The fourth-order valence-electron chi connectivity index (χ4n) is 2.27. The summed E-state index contributed by atoms with van der Waals surface area (Å²) < 4.78 is 30.1. The molecule has 0 bridgehead atoms. The Labute approximate surface area is 159 Å². The number of ether oxygens (including phenoxy) is 1. The summed E-state index contributed by atoms with van der Waals surface area (Å²) in [4.78, 5) is 2.01. The van der Waals surface area contributed by atoms with E-state index in [9.17, 15) is 13.5 Å². The maximum atomic E-state index is 12.3. The van der Waals surface area contributed by atoms with Gasteiger partial charge < -0.3 is 15.6 Å². The van der Waals surface area contributed by atoms with Gasteiger partial charge in [-0.05, 0) is 30.3 Å². The lowest BCUT2D eigenvalue weighted by molar-refractivity contribution is 0.179. The van der Waals surface area contributed by atoms with Crippen LogP contribution in [-0.2, 0) is 14.8 Å². The zero-order chi connectivity index (χ0) is 18.9. The van der Waals surface area contributed by atoms with Gasteiger partial charge in [0.2, 0.25) is 11.6 Å². The Morgan fingerprint density at radius 2 is 1.77 bits per heavy atom. The normalized spacial score (nSPS) is 18.8. The summed E-state index contributed by atoms with van der Waals surface area (Å²) >= 11 is 11.9. The second kappa shape index (κ2) is 7.06. The van der Waals surface area contributed by atoms with Crippen LogP contribution in [0.5, 0.6) is 0 Å². The second-order valence-electron chi connectivity index (χ2n) is 5.28. The van der Waals surface area contributed by atoms with Crippen molar-refractivity contribution in [3.8, 4) is 0 Å². The highest BCUT2D eigenvalue weighted by molar-refractivity contribution is 7.89. The molecule has 0 unspecified atom stereocenters. The average Bonchev–Trinajstić information content (AvgIpc) is 2.88. The van der Waals surface area contributed by atoms with Crippen LogP contribution < -0.4 is 10.6 Å². The Morgan fingerprint density at radius 3 is 2.42 bits per heavy atom. The number of hydrogen-bond donors (Lipinski definition) is 3.